The van der Waals surface area contributed by atoms with Gasteiger partial charge in [0.1, 0.15) is 0 Å². The highest BCUT2D eigenvalue weighted by Gasteiger charge is 2.39. The van der Waals surface area contributed by atoms with Crippen LogP contribution in [0.5, 0.6) is 0 Å². The van der Waals surface area contributed by atoms with Gasteiger partial charge in [-0.3, -0.25) is 0 Å². The summed E-state index contributed by atoms with van der Waals surface area (Å²) in [6.45, 7) is 6.26. The van der Waals surface area contributed by atoms with E-state index in [0.717, 1.165) is 0 Å². The van der Waals surface area contributed by atoms with Gasteiger partial charge in [-0.2, -0.15) is 9.57 Å². The lowest BCUT2D eigenvalue weighted by molar-refractivity contribution is -0.135. The van der Waals surface area contributed by atoms with Gasteiger partial charge >= 0.3 is 0 Å². The molecule has 1 aromatic carbocycles. The van der Waals surface area contributed by atoms with Gasteiger partial charge in [-0.25, -0.2) is 8.42 Å². The lowest BCUT2D eigenvalue weighted by atomic mass is 10.1. The van der Waals surface area contributed by atoms with Crippen LogP contribution in [0.25, 0.3) is 0 Å². The van der Waals surface area contributed by atoms with Crippen molar-refractivity contribution in [2.45, 2.75) is 37.4 Å². The van der Waals surface area contributed by atoms with Crippen molar-refractivity contribution in [3.05, 3.63) is 29.3 Å². The van der Waals surface area contributed by atoms with Crippen molar-refractivity contribution >= 4 is 10.0 Å². The number of ether oxygens (including phenoxy) is 2. The van der Waals surface area contributed by atoms with Crippen molar-refractivity contribution in [2.75, 3.05) is 26.8 Å². The number of morpholine rings is 1. The van der Waals surface area contributed by atoms with Gasteiger partial charge in [0.15, 0.2) is 0 Å². The number of sulfonamides is 1. The molecular weight excluding hydrogens is 316 g/mol. The van der Waals surface area contributed by atoms with E-state index in [9.17, 15) is 8.42 Å². The van der Waals surface area contributed by atoms with E-state index in [-0.39, 0.29) is 24.1 Å². The first-order valence-electron chi connectivity index (χ1n) is 7.37. The fourth-order valence-corrected chi connectivity index (χ4v) is 4.66. The summed E-state index contributed by atoms with van der Waals surface area (Å²) >= 11 is 0. The smallest absolute Gasteiger partial charge is 0.243 e. The minimum atomic E-state index is -3.70. The van der Waals surface area contributed by atoms with Crippen molar-refractivity contribution in [2.24, 2.45) is 0 Å². The summed E-state index contributed by atoms with van der Waals surface area (Å²) in [7, 11) is -2.14. The third-order valence-electron chi connectivity index (χ3n) is 3.74. The van der Waals surface area contributed by atoms with E-state index < -0.39 is 15.6 Å². The Morgan fingerprint density at radius 2 is 2.17 bits per heavy atom. The molecule has 1 heterocycles. The molecule has 1 saturated heterocycles. The maximum atomic E-state index is 13.0. The summed E-state index contributed by atoms with van der Waals surface area (Å²) in [5, 5.41) is 9.03. The van der Waals surface area contributed by atoms with Crippen LogP contribution in [0, 0.1) is 18.3 Å². The maximum absolute atomic E-state index is 13.0. The number of benzene rings is 1. The Bertz CT molecular complexity index is 722. The SMILES string of the molecule is COCC1CN(S(=O)(=O)c2cc(C#N)ccc2C)CC(C)(C)O1. The number of rotatable bonds is 4. The standard InChI is InChI=1S/C16H22N2O4S/c1-12-5-6-13(8-17)7-15(12)23(19,20)18-9-14(10-21-4)22-16(2,3)11-18/h5-7,14H,9-11H2,1-4H3. The molecule has 23 heavy (non-hydrogen) atoms. The zero-order chi connectivity index (χ0) is 17.3. The molecule has 0 aromatic heterocycles. The third kappa shape index (κ3) is 3.90. The number of hydrogen-bond donors (Lipinski definition) is 0. The largest absolute Gasteiger partial charge is 0.382 e. The second kappa shape index (κ2) is 6.57. The number of nitriles is 1. The van der Waals surface area contributed by atoms with Crippen molar-refractivity contribution < 1.29 is 17.9 Å². The second-order valence-corrected chi connectivity index (χ2v) is 8.25. The van der Waals surface area contributed by atoms with E-state index in [0.29, 0.717) is 17.7 Å². The molecule has 1 atom stereocenters. The maximum Gasteiger partial charge on any atom is 0.243 e. The molecular formula is C16H22N2O4S. The van der Waals surface area contributed by atoms with Gasteiger partial charge in [-0.05, 0) is 38.5 Å². The second-order valence-electron chi connectivity index (χ2n) is 6.34. The van der Waals surface area contributed by atoms with E-state index in [1.165, 1.54) is 10.4 Å². The molecule has 0 saturated carbocycles. The fourth-order valence-electron chi connectivity index (χ4n) is 2.78. The van der Waals surface area contributed by atoms with E-state index in [2.05, 4.69) is 0 Å². The lowest BCUT2D eigenvalue weighted by Gasteiger charge is -2.41. The molecule has 1 aromatic rings. The zero-order valence-corrected chi connectivity index (χ0v) is 14.7. The summed E-state index contributed by atoms with van der Waals surface area (Å²) in [6.07, 6.45) is -0.321. The molecule has 126 valence electrons. The topological polar surface area (TPSA) is 79.6 Å². The van der Waals surface area contributed by atoms with Gasteiger partial charge in [0, 0.05) is 20.2 Å². The molecule has 0 spiro atoms. The Hall–Kier alpha value is -1.46. The van der Waals surface area contributed by atoms with Gasteiger partial charge < -0.3 is 9.47 Å². The van der Waals surface area contributed by atoms with Gasteiger partial charge in [-0.1, -0.05) is 6.07 Å². The predicted octanol–water partition coefficient (Wildman–Crippen LogP) is 1.68. The number of methoxy groups -OCH3 is 1. The highest BCUT2D eigenvalue weighted by molar-refractivity contribution is 7.89. The quantitative estimate of drug-likeness (QED) is 0.834. The zero-order valence-electron chi connectivity index (χ0n) is 13.9. The molecule has 0 aliphatic carbocycles. The lowest BCUT2D eigenvalue weighted by Crippen LogP contribution is -2.55. The minimum Gasteiger partial charge on any atom is -0.382 e. The van der Waals surface area contributed by atoms with E-state index >= 15 is 0 Å². The number of hydrogen-bond acceptors (Lipinski definition) is 5. The first-order valence-corrected chi connectivity index (χ1v) is 8.81. The molecule has 1 fully saturated rings. The normalized spacial score (nSPS) is 21.8. The van der Waals surface area contributed by atoms with Crippen LogP contribution in [0.4, 0.5) is 0 Å². The van der Waals surface area contributed by atoms with Crippen LogP contribution in [-0.4, -0.2) is 51.2 Å². The molecule has 0 bridgehead atoms. The monoisotopic (exact) mass is 338 g/mol. The van der Waals surface area contributed by atoms with Gasteiger partial charge in [-0.15, -0.1) is 0 Å². The summed E-state index contributed by atoms with van der Waals surface area (Å²) in [5.41, 5.74) is 0.349. The predicted molar refractivity (Wildman–Crippen MR) is 85.5 cm³/mol. The van der Waals surface area contributed by atoms with Crippen molar-refractivity contribution in [1.82, 2.24) is 4.31 Å². The summed E-state index contributed by atoms with van der Waals surface area (Å²) < 4.78 is 38.5. The Labute approximate surface area is 137 Å². The fraction of sp³-hybridized carbons (Fsp3) is 0.562. The Morgan fingerprint density at radius 1 is 1.48 bits per heavy atom. The number of aryl methyl sites for hydroxylation is 1. The van der Waals surface area contributed by atoms with Crippen LogP contribution < -0.4 is 0 Å². The highest BCUT2D eigenvalue weighted by atomic mass is 32.2. The summed E-state index contributed by atoms with van der Waals surface area (Å²) in [4.78, 5) is 0.172. The molecule has 1 aliphatic heterocycles. The Balaban J connectivity index is 2.40. The van der Waals surface area contributed by atoms with Crippen molar-refractivity contribution in [1.29, 1.82) is 5.26 Å². The van der Waals surface area contributed by atoms with Gasteiger partial charge in [0.05, 0.1) is 34.8 Å². The highest BCUT2D eigenvalue weighted by Crippen LogP contribution is 2.28. The summed E-state index contributed by atoms with van der Waals surface area (Å²) in [5.74, 6) is 0. The molecule has 2 rings (SSSR count). The minimum absolute atomic E-state index is 0.172. The van der Waals surface area contributed by atoms with E-state index in [4.69, 9.17) is 14.7 Å². The third-order valence-corrected chi connectivity index (χ3v) is 5.69. The molecule has 0 radical (unpaired) electrons. The van der Waals surface area contributed by atoms with Crippen LogP contribution in [0.1, 0.15) is 25.0 Å². The molecule has 1 aliphatic rings. The van der Waals surface area contributed by atoms with Crippen LogP contribution >= 0.6 is 0 Å². The molecule has 0 N–H and O–H groups in total. The van der Waals surface area contributed by atoms with Crippen LogP contribution in [0.3, 0.4) is 0 Å². The first-order chi connectivity index (χ1) is 10.7. The van der Waals surface area contributed by atoms with E-state index in [1.54, 1.807) is 26.2 Å². The molecule has 0 amide bonds. The average Bonchev–Trinajstić information content (AvgIpc) is 2.46. The van der Waals surface area contributed by atoms with E-state index in [1.807, 2.05) is 19.9 Å². The van der Waals surface area contributed by atoms with Crippen LogP contribution in [-0.2, 0) is 19.5 Å². The van der Waals surface area contributed by atoms with Crippen LogP contribution in [0.2, 0.25) is 0 Å². The molecule has 7 heteroatoms. The Morgan fingerprint density at radius 3 is 2.78 bits per heavy atom. The molecule has 6 nitrogen and oxygen atoms in total. The van der Waals surface area contributed by atoms with Crippen molar-refractivity contribution in [3.8, 4) is 6.07 Å². The number of nitrogens with zero attached hydrogens (tertiary/aromatic N) is 2. The summed E-state index contributed by atoms with van der Waals surface area (Å²) in [6, 6.07) is 6.69. The van der Waals surface area contributed by atoms with Gasteiger partial charge in [0.2, 0.25) is 10.0 Å². The molecule has 1 unspecified atom stereocenters. The van der Waals surface area contributed by atoms with Crippen molar-refractivity contribution in [3.63, 3.8) is 0 Å². The van der Waals surface area contributed by atoms with Crippen LogP contribution in [0.15, 0.2) is 23.1 Å². The average molecular weight is 338 g/mol. The first kappa shape index (κ1) is 17.9. The Kier molecular flexibility index (Phi) is 5.11. The van der Waals surface area contributed by atoms with Gasteiger partial charge in [0.25, 0.3) is 0 Å².